The highest BCUT2D eigenvalue weighted by molar-refractivity contribution is 6.17. The van der Waals surface area contributed by atoms with Gasteiger partial charge >= 0.3 is 0 Å². The zero-order valence-electron chi connectivity index (χ0n) is 35.6. The molecule has 0 bridgehead atoms. The minimum Gasteiger partial charge on any atom is -0.309 e. The molecule has 0 N–H and O–H groups in total. The molecule has 5 heteroatoms. The van der Waals surface area contributed by atoms with Gasteiger partial charge in [0.05, 0.1) is 27.8 Å². The summed E-state index contributed by atoms with van der Waals surface area (Å²) in [4.78, 5) is 15.9. The molecule has 0 unspecified atom stereocenters. The van der Waals surface area contributed by atoms with Gasteiger partial charge in [-0.3, -0.25) is 0 Å². The molecule has 0 atom stereocenters. The Kier molecular flexibility index (Phi) is 7.91. The van der Waals surface area contributed by atoms with Gasteiger partial charge in [0.25, 0.3) is 0 Å². The monoisotopic (exact) mass is 839 g/mol. The van der Waals surface area contributed by atoms with Gasteiger partial charge in [-0.25, -0.2) is 15.0 Å². The Labute approximate surface area is 379 Å². The molecule has 0 radical (unpaired) electrons. The number of rotatable bonds is 5. The van der Waals surface area contributed by atoms with Crippen LogP contribution in [0, 0.1) is 0 Å². The van der Waals surface area contributed by atoms with Crippen LogP contribution in [-0.2, 0) is 0 Å². The number of hydrogen-bond donors (Lipinski definition) is 0. The second-order valence-electron chi connectivity index (χ2n) is 17.2. The maximum Gasteiger partial charge on any atom is 0.166 e. The van der Waals surface area contributed by atoms with Crippen LogP contribution in [0.25, 0.3) is 132 Å². The minimum atomic E-state index is 0.609. The summed E-state index contributed by atoms with van der Waals surface area (Å²) in [6, 6.07) is 80.7. The zero-order chi connectivity index (χ0) is 43.3. The van der Waals surface area contributed by atoms with Crippen LogP contribution in [-0.4, -0.2) is 24.1 Å². The standard InChI is InChI=1S/C61H37N5/c1-2-16-40(17-3-1)59-62-60(46-27-26-38-14-4-5-18-41(38)32-46)64-61(63-59)50-30-28-39-15-10-11-23-48(39)58(50)66-55-31-29-47(37-53(55)52-34-43-20-7-9-22-45(43)36-57(52)66)65-54-25-13-12-24-49(54)51-33-42-19-6-8-21-44(42)35-56(51)65/h1-37H. The van der Waals surface area contributed by atoms with E-state index in [9.17, 15) is 0 Å². The van der Waals surface area contributed by atoms with E-state index in [2.05, 4.69) is 215 Å². The fraction of sp³-hybridized carbons (Fsp3) is 0. The van der Waals surface area contributed by atoms with Crippen LogP contribution in [0.15, 0.2) is 224 Å². The molecule has 0 fully saturated rings. The topological polar surface area (TPSA) is 48.5 Å². The third-order valence-electron chi connectivity index (χ3n) is 13.5. The maximum atomic E-state index is 5.38. The quantitative estimate of drug-likeness (QED) is 0.173. The summed E-state index contributed by atoms with van der Waals surface area (Å²) in [5, 5.41) is 14.2. The van der Waals surface area contributed by atoms with Gasteiger partial charge in [-0.2, -0.15) is 0 Å². The van der Waals surface area contributed by atoms with E-state index in [0.29, 0.717) is 17.5 Å². The Bertz CT molecular complexity index is 4290. The zero-order valence-corrected chi connectivity index (χ0v) is 35.6. The number of nitrogens with zero attached hydrogens (tertiary/aromatic N) is 5. The van der Waals surface area contributed by atoms with Gasteiger partial charge in [0.15, 0.2) is 17.5 Å². The van der Waals surface area contributed by atoms with Crippen LogP contribution in [0.2, 0.25) is 0 Å². The molecule has 0 amide bonds. The molecule has 0 saturated carbocycles. The lowest BCUT2D eigenvalue weighted by atomic mass is 10.0. The molecule has 14 aromatic rings. The van der Waals surface area contributed by atoms with Crippen LogP contribution in [0.5, 0.6) is 0 Å². The van der Waals surface area contributed by atoms with Crippen molar-refractivity contribution >= 4 is 86.7 Å². The van der Waals surface area contributed by atoms with Gasteiger partial charge in [0.2, 0.25) is 0 Å². The predicted molar refractivity (Wildman–Crippen MR) is 275 cm³/mol. The average molecular weight is 840 g/mol. The average Bonchev–Trinajstić information content (AvgIpc) is 3.87. The molecular formula is C61H37N5. The van der Waals surface area contributed by atoms with Crippen molar-refractivity contribution < 1.29 is 0 Å². The van der Waals surface area contributed by atoms with Gasteiger partial charge in [-0.15, -0.1) is 0 Å². The summed E-state index contributed by atoms with van der Waals surface area (Å²) in [6.07, 6.45) is 0. The summed E-state index contributed by atoms with van der Waals surface area (Å²) in [5.41, 5.74) is 9.49. The highest BCUT2D eigenvalue weighted by Gasteiger charge is 2.23. The van der Waals surface area contributed by atoms with E-state index in [1.807, 2.05) is 18.2 Å². The van der Waals surface area contributed by atoms with Gasteiger partial charge < -0.3 is 9.13 Å². The summed E-state index contributed by atoms with van der Waals surface area (Å²) >= 11 is 0. The highest BCUT2D eigenvalue weighted by Crippen LogP contribution is 2.43. The molecule has 0 aliphatic heterocycles. The molecule has 66 heavy (non-hydrogen) atoms. The molecule has 0 spiro atoms. The van der Waals surface area contributed by atoms with E-state index in [4.69, 9.17) is 15.0 Å². The molecule has 14 rings (SSSR count). The lowest BCUT2D eigenvalue weighted by molar-refractivity contribution is 1.07. The van der Waals surface area contributed by atoms with Crippen molar-refractivity contribution in [3.63, 3.8) is 0 Å². The van der Waals surface area contributed by atoms with Crippen molar-refractivity contribution in [3.05, 3.63) is 224 Å². The molecule has 0 saturated heterocycles. The van der Waals surface area contributed by atoms with Crippen molar-refractivity contribution in [1.29, 1.82) is 0 Å². The second kappa shape index (κ2) is 14.3. The van der Waals surface area contributed by atoms with Gasteiger partial charge in [0, 0.05) is 49.3 Å². The first-order chi connectivity index (χ1) is 32.7. The van der Waals surface area contributed by atoms with Crippen LogP contribution in [0.3, 0.4) is 0 Å². The van der Waals surface area contributed by atoms with Crippen molar-refractivity contribution in [2.75, 3.05) is 0 Å². The summed E-state index contributed by atoms with van der Waals surface area (Å²) in [7, 11) is 0. The Morgan fingerprint density at radius 1 is 0.258 bits per heavy atom. The van der Waals surface area contributed by atoms with E-state index in [-0.39, 0.29) is 0 Å². The summed E-state index contributed by atoms with van der Waals surface area (Å²) < 4.78 is 4.90. The van der Waals surface area contributed by atoms with Crippen molar-refractivity contribution in [3.8, 4) is 45.5 Å². The fourth-order valence-corrected chi connectivity index (χ4v) is 10.4. The van der Waals surface area contributed by atoms with Crippen molar-refractivity contribution in [2.24, 2.45) is 0 Å². The first-order valence-electron chi connectivity index (χ1n) is 22.4. The normalized spacial score (nSPS) is 11.9. The minimum absolute atomic E-state index is 0.609. The van der Waals surface area contributed by atoms with Crippen LogP contribution in [0.1, 0.15) is 0 Å². The Morgan fingerprint density at radius 3 is 1.48 bits per heavy atom. The lowest BCUT2D eigenvalue weighted by Gasteiger charge is -2.18. The molecule has 5 nitrogen and oxygen atoms in total. The Balaban J connectivity index is 1.07. The summed E-state index contributed by atoms with van der Waals surface area (Å²) in [5.74, 6) is 1.86. The predicted octanol–water partition coefficient (Wildman–Crippen LogP) is 15.7. The van der Waals surface area contributed by atoms with Crippen LogP contribution < -0.4 is 0 Å². The third-order valence-corrected chi connectivity index (χ3v) is 13.5. The van der Waals surface area contributed by atoms with Gasteiger partial charge in [-0.1, -0.05) is 164 Å². The van der Waals surface area contributed by atoms with E-state index >= 15 is 0 Å². The van der Waals surface area contributed by atoms with Crippen LogP contribution >= 0.6 is 0 Å². The summed E-state index contributed by atoms with van der Waals surface area (Å²) in [6.45, 7) is 0. The van der Waals surface area contributed by atoms with Crippen LogP contribution in [0.4, 0.5) is 0 Å². The Hall–Kier alpha value is -8.93. The Morgan fingerprint density at radius 2 is 0.758 bits per heavy atom. The maximum absolute atomic E-state index is 5.38. The molecule has 0 aliphatic carbocycles. The number of hydrogen-bond acceptors (Lipinski definition) is 3. The van der Waals surface area contributed by atoms with Crippen molar-refractivity contribution in [2.45, 2.75) is 0 Å². The fourth-order valence-electron chi connectivity index (χ4n) is 10.4. The van der Waals surface area contributed by atoms with Crippen molar-refractivity contribution in [1.82, 2.24) is 24.1 Å². The molecule has 306 valence electrons. The molecule has 3 aromatic heterocycles. The molecular weight excluding hydrogens is 803 g/mol. The van der Waals surface area contributed by atoms with Gasteiger partial charge in [-0.05, 0) is 98.4 Å². The van der Waals surface area contributed by atoms with E-state index < -0.39 is 0 Å². The third kappa shape index (κ3) is 5.63. The van der Waals surface area contributed by atoms with Gasteiger partial charge in [0.1, 0.15) is 0 Å². The molecule has 0 aliphatic rings. The largest absolute Gasteiger partial charge is 0.309 e. The van der Waals surface area contributed by atoms with E-state index in [0.717, 1.165) is 60.6 Å². The second-order valence-corrected chi connectivity index (χ2v) is 17.2. The van der Waals surface area contributed by atoms with E-state index in [1.165, 1.54) is 54.1 Å². The highest BCUT2D eigenvalue weighted by atomic mass is 15.1. The smallest absolute Gasteiger partial charge is 0.166 e. The number of benzene rings is 11. The first kappa shape index (κ1) is 36.5. The number of aromatic nitrogens is 5. The lowest BCUT2D eigenvalue weighted by Crippen LogP contribution is -2.04. The first-order valence-corrected chi connectivity index (χ1v) is 22.4. The van der Waals surface area contributed by atoms with E-state index in [1.54, 1.807) is 0 Å². The number of fused-ring (bicyclic) bond motifs is 10. The molecule has 3 heterocycles. The SMILES string of the molecule is c1ccc(-c2nc(-c3ccc4ccccc4c3)nc(-c3ccc4ccccc4c3-n3c4ccc(-n5c6ccccc6c6cc7ccccc7cc65)cc4c4cc5ccccc5cc43)n2)cc1. The molecule has 11 aromatic carbocycles. The number of para-hydroxylation sites is 1.